The van der Waals surface area contributed by atoms with Crippen LogP contribution in [0.4, 0.5) is 4.39 Å². The number of halogens is 2. The minimum atomic E-state index is -0.178. The highest BCUT2D eigenvalue weighted by atomic mass is 127. The summed E-state index contributed by atoms with van der Waals surface area (Å²) in [5.74, 6) is 0.707. The standard InChI is InChI=1S/C16H24FN3.HI/c1-2-18-16(20-15-8-3-4-9-15)19-11-10-13-6-5-7-14(17)12-13;/h5-7,12,15H,2-4,8-11H2,1H3,(H2,18,19,20);1H. The molecule has 1 saturated carbocycles. The molecular formula is C16H25FIN3. The van der Waals surface area contributed by atoms with Gasteiger partial charge in [0.1, 0.15) is 5.82 Å². The Labute approximate surface area is 143 Å². The van der Waals surface area contributed by atoms with E-state index in [0.717, 1.165) is 24.5 Å². The van der Waals surface area contributed by atoms with Crippen LogP contribution in [-0.2, 0) is 6.42 Å². The Morgan fingerprint density at radius 1 is 1.33 bits per heavy atom. The van der Waals surface area contributed by atoms with E-state index in [1.165, 1.54) is 31.7 Å². The van der Waals surface area contributed by atoms with Gasteiger partial charge in [-0.25, -0.2) is 4.39 Å². The first-order chi connectivity index (χ1) is 9.78. The predicted octanol–water partition coefficient (Wildman–Crippen LogP) is 3.48. The minimum Gasteiger partial charge on any atom is -0.357 e. The minimum absolute atomic E-state index is 0. The van der Waals surface area contributed by atoms with Crippen molar-refractivity contribution >= 4 is 29.9 Å². The van der Waals surface area contributed by atoms with Crippen molar-refractivity contribution in [2.45, 2.75) is 45.1 Å². The van der Waals surface area contributed by atoms with Crippen molar-refractivity contribution in [2.24, 2.45) is 4.99 Å². The molecule has 0 saturated heterocycles. The summed E-state index contributed by atoms with van der Waals surface area (Å²) in [6.07, 6.45) is 5.84. The summed E-state index contributed by atoms with van der Waals surface area (Å²) in [5.41, 5.74) is 0.991. The average Bonchev–Trinajstić information content (AvgIpc) is 2.92. The molecule has 1 aliphatic rings. The molecule has 0 radical (unpaired) electrons. The van der Waals surface area contributed by atoms with Crippen LogP contribution in [0.25, 0.3) is 0 Å². The molecule has 118 valence electrons. The third-order valence-corrected chi connectivity index (χ3v) is 3.60. The molecule has 0 bridgehead atoms. The zero-order chi connectivity index (χ0) is 14.2. The van der Waals surface area contributed by atoms with Crippen molar-refractivity contribution in [3.8, 4) is 0 Å². The number of hydrogen-bond acceptors (Lipinski definition) is 1. The summed E-state index contributed by atoms with van der Waals surface area (Å²) in [6.45, 7) is 3.60. The Balaban J connectivity index is 0.00000220. The summed E-state index contributed by atoms with van der Waals surface area (Å²) >= 11 is 0. The fraction of sp³-hybridized carbons (Fsp3) is 0.562. The van der Waals surface area contributed by atoms with Crippen LogP contribution in [0.15, 0.2) is 29.3 Å². The molecule has 0 heterocycles. The lowest BCUT2D eigenvalue weighted by Crippen LogP contribution is -2.42. The third kappa shape index (κ3) is 6.63. The van der Waals surface area contributed by atoms with Gasteiger partial charge in [0.25, 0.3) is 0 Å². The van der Waals surface area contributed by atoms with E-state index in [2.05, 4.69) is 22.5 Å². The second-order valence-electron chi connectivity index (χ2n) is 5.27. The maximum absolute atomic E-state index is 13.1. The molecule has 2 N–H and O–H groups in total. The maximum atomic E-state index is 13.1. The number of guanidine groups is 1. The van der Waals surface area contributed by atoms with Crippen LogP contribution in [-0.4, -0.2) is 25.1 Å². The van der Waals surface area contributed by atoms with E-state index >= 15 is 0 Å². The van der Waals surface area contributed by atoms with Crippen LogP contribution >= 0.6 is 24.0 Å². The molecule has 0 unspecified atom stereocenters. The van der Waals surface area contributed by atoms with Gasteiger partial charge in [-0.05, 0) is 43.9 Å². The van der Waals surface area contributed by atoms with E-state index in [-0.39, 0.29) is 29.8 Å². The highest BCUT2D eigenvalue weighted by Crippen LogP contribution is 2.17. The number of benzene rings is 1. The lowest BCUT2D eigenvalue weighted by molar-refractivity contribution is 0.613. The topological polar surface area (TPSA) is 36.4 Å². The van der Waals surface area contributed by atoms with Gasteiger partial charge in [-0.3, -0.25) is 4.99 Å². The molecule has 2 rings (SSSR count). The molecule has 5 heteroatoms. The monoisotopic (exact) mass is 405 g/mol. The predicted molar refractivity (Wildman–Crippen MR) is 96.9 cm³/mol. The van der Waals surface area contributed by atoms with Crippen LogP contribution in [0.2, 0.25) is 0 Å². The zero-order valence-electron chi connectivity index (χ0n) is 12.6. The third-order valence-electron chi connectivity index (χ3n) is 3.60. The van der Waals surface area contributed by atoms with Crippen LogP contribution < -0.4 is 10.6 Å². The highest BCUT2D eigenvalue weighted by Gasteiger charge is 2.15. The Kier molecular flexibility index (Phi) is 8.64. The van der Waals surface area contributed by atoms with Gasteiger partial charge in [-0.2, -0.15) is 0 Å². The van der Waals surface area contributed by atoms with E-state index in [0.29, 0.717) is 12.6 Å². The maximum Gasteiger partial charge on any atom is 0.191 e. The summed E-state index contributed by atoms with van der Waals surface area (Å²) in [7, 11) is 0. The SMILES string of the molecule is CCNC(=NCCc1cccc(F)c1)NC1CCCC1.I. The number of nitrogens with one attached hydrogen (secondary N) is 2. The molecular weight excluding hydrogens is 380 g/mol. The first-order valence-corrected chi connectivity index (χ1v) is 7.57. The van der Waals surface area contributed by atoms with Crippen LogP contribution in [0.5, 0.6) is 0 Å². The Bertz CT molecular complexity index is 445. The van der Waals surface area contributed by atoms with Gasteiger partial charge >= 0.3 is 0 Å². The van der Waals surface area contributed by atoms with Gasteiger partial charge in [0, 0.05) is 19.1 Å². The van der Waals surface area contributed by atoms with Gasteiger partial charge in [0.05, 0.1) is 0 Å². The fourth-order valence-electron chi connectivity index (χ4n) is 2.57. The second kappa shape index (κ2) is 9.97. The van der Waals surface area contributed by atoms with Crippen molar-refractivity contribution in [3.63, 3.8) is 0 Å². The molecule has 3 nitrogen and oxygen atoms in total. The van der Waals surface area contributed by atoms with Gasteiger partial charge in [0.2, 0.25) is 0 Å². The smallest absolute Gasteiger partial charge is 0.191 e. The van der Waals surface area contributed by atoms with Crippen molar-refractivity contribution in [3.05, 3.63) is 35.6 Å². The zero-order valence-corrected chi connectivity index (χ0v) is 14.9. The Hall–Kier alpha value is -0.850. The average molecular weight is 405 g/mol. The quantitative estimate of drug-likeness (QED) is 0.447. The number of aliphatic imine (C=N–C) groups is 1. The summed E-state index contributed by atoms with van der Waals surface area (Å²) in [5, 5.41) is 6.75. The molecule has 21 heavy (non-hydrogen) atoms. The highest BCUT2D eigenvalue weighted by molar-refractivity contribution is 14.0. The van der Waals surface area contributed by atoms with Gasteiger partial charge in [-0.15, -0.1) is 24.0 Å². The largest absolute Gasteiger partial charge is 0.357 e. The van der Waals surface area contributed by atoms with Gasteiger partial charge in [0.15, 0.2) is 5.96 Å². The molecule has 1 fully saturated rings. The van der Waals surface area contributed by atoms with Crippen molar-refractivity contribution in [2.75, 3.05) is 13.1 Å². The molecule has 0 aliphatic heterocycles. The van der Waals surface area contributed by atoms with E-state index in [4.69, 9.17) is 0 Å². The van der Waals surface area contributed by atoms with Crippen LogP contribution in [0, 0.1) is 5.82 Å². The number of rotatable bonds is 5. The van der Waals surface area contributed by atoms with Crippen molar-refractivity contribution < 1.29 is 4.39 Å². The first kappa shape index (κ1) is 18.2. The Morgan fingerprint density at radius 3 is 2.76 bits per heavy atom. The molecule has 0 aromatic heterocycles. The number of hydrogen-bond donors (Lipinski definition) is 2. The Morgan fingerprint density at radius 2 is 2.10 bits per heavy atom. The van der Waals surface area contributed by atoms with Gasteiger partial charge in [-0.1, -0.05) is 25.0 Å². The van der Waals surface area contributed by atoms with E-state index in [1.54, 1.807) is 12.1 Å². The van der Waals surface area contributed by atoms with E-state index < -0.39 is 0 Å². The molecule has 0 amide bonds. The van der Waals surface area contributed by atoms with Crippen LogP contribution in [0.3, 0.4) is 0 Å². The molecule has 0 spiro atoms. The summed E-state index contributed by atoms with van der Waals surface area (Å²) in [6, 6.07) is 7.29. The van der Waals surface area contributed by atoms with Gasteiger partial charge < -0.3 is 10.6 Å². The lowest BCUT2D eigenvalue weighted by atomic mass is 10.1. The first-order valence-electron chi connectivity index (χ1n) is 7.57. The molecule has 1 aliphatic carbocycles. The second-order valence-corrected chi connectivity index (χ2v) is 5.27. The van der Waals surface area contributed by atoms with Crippen LogP contribution in [0.1, 0.15) is 38.2 Å². The van der Waals surface area contributed by atoms with Crippen molar-refractivity contribution in [1.82, 2.24) is 10.6 Å². The van der Waals surface area contributed by atoms with Crippen molar-refractivity contribution in [1.29, 1.82) is 0 Å². The molecule has 0 atom stereocenters. The molecule has 1 aromatic rings. The summed E-state index contributed by atoms with van der Waals surface area (Å²) in [4.78, 5) is 4.57. The fourth-order valence-corrected chi connectivity index (χ4v) is 2.57. The van der Waals surface area contributed by atoms with E-state index in [9.17, 15) is 4.39 Å². The van der Waals surface area contributed by atoms with E-state index in [1.807, 2.05) is 6.07 Å². The number of nitrogens with zero attached hydrogens (tertiary/aromatic N) is 1. The summed E-state index contributed by atoms with van der Waals surface area (Å²) < 4.78 is 13.1. The molecule has 1 aromatic carbocycles. The lowest BCUT2D eigenvalue weighted by Gasteiger charge is -2.16. The normalized spacial score (nSPS) is 15.6.